The van der Waals surface area contributed by atoms with E-state index in [-0.39, 0.29) is 0 Å². The van der Waals surface area contributed by atoms with Crippen LogP contribution in [0.2, 0.25) is 0 Å². The molecule has 1 unspecified atom stereocenters. The normalized spacial score (nSPS) is 20.7. The van der Waals surface area contributed by atoms with Crippen molar-refractivity contribution < 1.29 is 0 Å². The number of pyridine rings is 1. The number of hydrogen-bond acceptors (Lipinski definition) is 3. The first kappa shape index (κ1) is 11.4. The van der Waals surface area contributed by atoms with E-state index < -0.39 is 0 Å². The Hall–Kier alpha value is -0.0600. The Morgan fingerprint density at radius 2 is 2.47 bits per heavy atom. The summed E-state index contributed by atoms with van der Waals surface area (Å²) in [6.45, 7) is 2.06. The fraction of sp³-hybridized carbons (Fsp3) is 0.545. The molecule has 0 radical (unpaired) electrons. The standard InChI is InChI=1S/C11H15BrN2S/c12-11-3-10(6-14-7-11)5-13-4-9-1-2-15-8-9/h3,6-7,9,13H,1-2,4-5,8H2. The summed E-state index contributed by atoms with van der Waals surface area (Å²) >= 11 is 5.50. The number of aromatic nitrogens is 1. The first-order chi connectivity index (χ1) is 7.34. The minimum absolute atomic E-state index is 0.870. The summed E-state index contributed by atoms with van der Waals surface area (Å²) in [5.74, 6) is 3.53. The summed E-state index contributed by atoms with van der Waals surface area (Å²) in [6.07, 6.45) is 5.10. The third-order valence-corrected chi connectivity index (χ3v) is 4.21. The second kappa shape index (κ2) is 5.87. The number of hydrogen-bond donors (Lipinski definition) is 1. The van der Waals surface area contributed by atoms with Gasteiger partial charge in [0.15, 0.2) is 0 Å². The first-order valence-electron chi connectivity index (χ1n) is 5.22. The van der Waals surface area contributed by atoms with Crippen molar-refractivity contribution in [3.63, 3.8) is 0 Å². The summed E-state index contributed by atoms with van der Waals surface area (Å²) in [4.78, 5) is 4.14. The Kier molecular flexibility index (Phi) is 4.47. The van der Waals surface area contributed by atoms with E-state index in [4.69, 9.17) is 0 Å². The predicted molar refractivity (Wildman–Crippen MR) is 69.1 cm³/mol. The Morgan fingerprint density at radius 1 is 1.53 bits per heavy atom. The number of nitrogens with zero attached hydrogens (tertiary/aromatic N) is 1. The fourth-order valence-electron chi connectivity index (χ4n) is 1.72. The molecular weight excluding hydrogens is 272 g/mol. The number of thioether (sulfide) groups is 1. The summed E-state index contributed by atoms with van der Waals surface area (Å²) < 4.78 is 1.05. The average molecular weight is 287 g/mol. The highest BCUT2D eigenvalue weighted by atomic mass is 79.9. The summed E-state index contributed by atoms with van der Waals surface area (Å²) in [6, 6.07) is 2.11. The van der Waals surface area contributed by atoms with Crippen LogP contribution in [0.1, 0.15) is 12.0 Å². The molecule has 1 saturated heterocycles. The molecule has 2 rings (SSSR count). The molecule has 2 nitrogen and oxygen atoms in total. The fourth-order valence-corrected chi connectivity index (χ4v) is 3.41. The van der Waals surface area contributed by atoms with Crippen LogP contribution in [0.15, 0.2) is 22.9 Å². The van der Waals surface area contributed by atoms with Crippen LogP contribution in [0.4, 0.5) is 0 Å². The zero-order valence-corrected chi connectivity index (χ0v) is 11.0. The van der Waals surface area contributed by atoms with Gasteiger partial charge in [0.05, 0.1) is 0 Å². The van der Waals surface area contributed by atoms with Gasteiger partial charge in [-0.1, -0.05) is 0 Å². The molecule has 1 atom stereocenters. The Bertz CT molecular complexity index is 313. The molecule has 0 saturated carbocycles. The lowest BCUT2D eigenvalue weighted by molar-refractivity contribution is 0.523. The molecule has 0 bridgehead atoms. The van der Waals surface area contributed by atoms with E-state index in [1.54, 1.807) is 0 Å². The van der Waals surface area contributed by atoms with Crippen LogP contribution in [0, 0.1) is 5.92 Å². The van der Waals surface area contributed by atoms with Gasteiger partial charge < -0.3 is 5.32 Å². The van der Waals surface area contributed by atoms with Crippen LogP contribution in [0.25, 0.3) is 0 Å². The molecule has 0 spiro atoms. The van der Waals surface area contributed by atoms with Crippen molar-refractivity contribution >= 4 is 27.7 Å². The van der Waals surface area contributed by atoms with Crippen LogP contribution in [0.5, 0.6) is 0 Å². The second-order valence-electron chi connectivity index (χ2n) is 3.87. The summed E-state index contributed by atoms with van der Waals surface area (Å²) in [5, 5.41) is 3.50. The van der Waals surface area contributed by atoms with Crippen molar-refractivity contribution in [1.82, 2.24) is 10.3 Å². The van der Waals surface area contributed by atoms with Crippen molar-refractivity contribution in [2.45, 2.75) is 13.0 Å². The molecule has 1 N–H and O–H groups in total. The van der Waals surface area contributed by atoms with Gasteiger partial charge in [-0.3, -0.25) is 4.98 Å². The van der Waals surface area contributed by atoms with Gasteiger partial charge in [-0.15, -0.1) is 0 Å². The SMILES string of the molecule is Brc1cncc(CNCC2CCSC2)c1. The van der Waals surface area contributed by atoms with Crippen molar-refractivity contribution in [3.05, 3.63) is 28.5 Å². The van der Waals surface area contributed by atoms with E-state index in [0.717, 1.165) is 23.5 Å². The van der Waals surface area contributed by atoms with Crippen LogP contribution in [0.3, 0.4) is 0 Å². The number of rotatable bonds is 4. The van der Waals surface area contributed by atoms with Gasteiger partial charge in [0, 0.05) is 23.4 Å². The summed E-state index contributed by atoms with van der Waals surface area (Å²) in [5.41, 5.74) is 1.25. The maximum absolute atomic E-state index is 4.14. The predicted octanol–water partition coefficient (Wildman–Crippen LogP) is 2.69. The maximum Gasteiger partial charge on any atom is 0.0410 e. The van der Waals surface area contributed by atoms with Crippen molar-refractivity contribution in [2.75, 3.05) is 18.1 Å². The highest BCUT2D eigenvalue weighted by Crippen LogP contribution is 2.22. The van der Waals surface area contributed by atoms with Crippen LogP contribution >= 0.6 is 27.7 Å². The first-order valence-corrected chi connectivity index (χ1v) is 7.17. The quantitative estimate of drug-likeness (QED) is 0.921. The smallest absolute Gasteiger partial charge is 0.0410 e. The highest BCUT2D eigenvalue weighted by molar-refractivity contribution is 9.10. The molecular formula is C11H15BrN2S. The lowest BCUT2D eigenvalue weighted by Gasteiger charge is -2.09. The molecule has 15 heavy (non-hydrogen) atoms. The zero-order valence-electron chi connectivity index (χ0n) is 8.58. The van der Waals surface area contributed by atoms with Gasteiger partial charge in [0.25, 0.3) is 0 Å². The van der Waals surface area contributed by atoms with Crippen LogP contribution in [-0.2, 0) is 6.54 Å². The zero-order chi connectivity index (χ0) is 10.5. The van der Waals surface area contributed by atoms with Gasteiger partial charge in [0.2, 0.25) is 0 Å². The van der Waals surface area contributed by atoms with Gasteiger partial charge in [-0.2, -0.15) is 11.8 Å². The van der Waals surface area contributed by atoms with Crippen LogP contribution < -0.4 is 5.32 Å². The molecule has 1 fully saturated rings. The number of halogens is 1. The minimum atomic E-state index is 0.870. The molecule has 0 amide bonds. The van der Waals surface area contributed by atoms with E-state index >= 15 is 0 Å². The third-order valence-electron chi connectivity index (χ3n) is 2.55. The topological polar surface area (TPSA) is 24.9 Å². The Labute approximate surface area is 103 Å². The Balaban J connectivity index is 1.73. The second-order valence-corrected chi connectivity index (χ2v) is 5.94. The van der Waals surface area contributed by atoms with Gasteiger partial charge >= 0.3 is 0 Å². The molecule has 0 aliphatic carbocycles. The lowest BCUT2D eigenvalue weighted by Crippen LogP contribution is -2.22. The molecule has 1 aliphatic heterocycles. The van der Waals surface area contributed by atoms with E-state index in [2.05, 4.69) is 44.1 Å². The minimum Gasteiger partial charge on any atom is -0.312 e. The number of nitrogens with one attached hydrogen (secondary N) is 1. The van der Waals surface area contributed by atoms with Crippen molar-refractivity contribution in [2.24, 2.45) is 5.92 Å². The lowest BCUT2D eigenvalue weighted by atomic mass is 10.1. The molecule has 4 heteroatoms. The molecule has 2 heterocycles. The van der Waals surface area contributed by atoms with E-state index in [0.29, 0.717) is 0 Å². The highest BCUT2D eigenvalue weighted by Gasteiger charge is 2.14. The molecule has 1 aromatic rings. The third kappa shape index (κ3) is 3.78. The summed E-state index contributed by atoms with van der Waals surface area (Å²) in [7, 11) is 0. The maximum atomic E-state index is 4.14. The largest absolute Gasteiger partial charge is 0.312 e. The van der Waals surface area contributed by atoms with E-state index in [1.807, 2.05) is 12.4 Å². The van der Waals surface area contributed by atoms with E-state index in [1.165, 1.54) is 23.5 Å². The monoisotopic (exact) mass is 286 g/mol. The van der Waals surface area contributed by atoms with Gasteiger partial charge in [-0.25, -0.2) is 0 Å². The molecule has 1 aromatic heterocycles. The molecule has 82 valence electrons. The average Bonchev–Trinajstić information content (AvgIpc) is 2.71. The Morgan fingerprint density at radius 3 is 3.20 bits per heavy atom. The van der Waals surface area contributed by atoms with Crippen LogP contribution in [-0.4, -0.2) is 23.0 Å². The van der Waals surface area contributed by atoms with Gasteiger partial charge in [-0.05, 0) is 57.9 Å². The van der Waals surface area contributed by atoms with Gasteiger partial charge in [0.1, 0.15) is 0 Å². The molecule has 0 aromatic carbocycles. The molecule has 1 aliphatic rings. The van der Waals surface area contributed by atoms with Crippen molar-refractivity contribution in [1.29, 1.82) is 0 Å². The van der Waals surface area contributed by atoms with Crippen molar-refractivity contribution in [3.8, 4) is 0 Å². The van der Waals surface area contributed by atoms with E-state index in [9.17, 15) is 0 Å².